The summed E-state index contributed by atoms with van der Waals surface area (Å²) in [5.41, 5.74) is 2.19. The van der Waals surface area contributed by atoms with Crippen molar-refractivity contribution in [2.75, 3.05) is 13.2 Å². The van der Waals surface area contributed by atoms with Crippen molar-refractivity contribution in [3.05, 3.63) is 47.3 Å². The highest BCUT2D eigenvalue weighted by Gasteiger charge is 2.43. The number of carbonyl (C=O) groups excluding carboxylic acids is 2. The zero-order chi connectivity index (χ0) is 22.9. The number of benzene rings is 1. The Kier molecular flexibility index (Phi) is 6.24. The Balaban J connectivity index is 1.47. The van der Waals surface area contributed by atoms with E-state index in [0.29, 0.717) is 25.2 Å². The Labute approximate surface area is 188 Å². The van der Waals surface area contributed by atoms with Crippen LogP contribution in [0.15, 0.2) is 30.6 Å². The molecule has 1 aromatic heterocycles. The monoisotopic (exact) mass is 440 g/mol. The molecule has 2 amide bonds. The molecule has 32 heavy (non-hydrogen) atoms. The predicted molar refractivity (Wildman–Crippen MR) is 120 cm³/mol. The van der Waals surface area contributed by atoms with Gasteiger partial charge < -0.3 is 20.1 Å². The van der Waals surface area contributed by atoms with Crippen LogP contribution in [-0.4, -0.2) is 46.5 Å². The van der Waals surface area contributed by atoms with E-state index >= 15 is 0 Å². The summed E-state index contributed by atoms with van der Waals surface area (Å²) >= 11 is 0. The molecule has 3 heterocycles. The van der Waals surface area contributed by atoms with Gasteiger partial charge in [0.15, 0.2) is 0 Å². The molecule has 172 valence electrons. The lowest BCUT2D eigenvalue weighted by Crippen LogP contribution is -2.51. The third kappa shape index (κ3) is 4.65. The number of carbonyl (C=O) groups is 2. The van der Waals surface area contributed by atoms with E-state index in [1.165, 1.54) is 6.20 Å². The zero-order valence-corrected chi connectivity index (χ0v) is 19.2. The summed E-state index contributed by atoms with van der Waals surface area (Å²) in [7, 11) is 0. The van der Waals surface area contributed by atoms with Crippen molar-refractivity contribution in [1.82, 2.24) is 20.4 Å². The van der Waals surface area contributed by atoms with E-state index < -0.39 is 6.04 Å². The zero-order valence-electron chi connectivity index (χ0n) is 19.2. The predicted octanol–water partition coefficient (Wildman–Crippen LogP) is 3.08. The number of hydrogen-bond donors (Lipinski definition) is 2. The van der Waals surface area contributed by atoms with Crippen LogP contribution in [0.25, 0.3) is 0 Å². The van der Waals surface area contributed by atoms with Gasteiger partial charge in [-0.2, -0.15) is 5.10 Å². The SMILES string of the molecule is Cc1ccc2c(c1)C(NC(=O)C(C)NC(=O)c1cnn(C(C)C)c1)CC1(CCOCC1)O2. The van der Waals surface area contributed by atoms with Gasteiger partial charge in [0, 0.05) is 37.1 Å². The van der Waals surface area contributed by atoms with Gasteiger partial charge in [-0.05, 0) is 33.8 Å². The number of nitrogens with zero attached hydrogens (tertiary/aromatic N) is 2. The molecular weight excluding hydrogens is 408 g/mol. The molecule has 0 bridgehead atoms. The number of fused-ring (bicyclic) bond motifs is 1. The van der Waals surface area contributed by atoms with Gasteiger partial charge in [0.1, 0.15) is 17.4 Å². The van der Waals surface area contributed by atoms with Crippen LogP contribution in [0.2, 0.25) is 0 Å². The normalized spacial score (nSPS) is 20.3. The van der Waals surface area contributed by atoms with Crippen molar-refractivity contribution in [3.63, 3.8) is 0 Å². The molecule has 8 nitrogen and oxygen atoms in total. The van der Waals surface area contributed by atoms with E-state index in [1.807, 2.05) is 32.9 Å². The molecule has 2 aliphatic rings. The second-order valence-electron chi connectivity index (χ2n) is 9.20. The lowest BCUT2D eigenvalue weighted by atomic mass is 9.81. The summed E-state index contributed by atoms with van der Waals surface area (Å²) in [6, 6.07) is 5.36. The van der Waals surface area contributed by atoms with E-state index in [1.54, 1.807) is 17.8 Å². The summed E-state index contributed by atoms with van der Waals surface area (Å²) in [6.07, 6.45) is 5.47. The first kappa shape index (κ1) is 22.3. The molecule has 1 aromatic carbocycles. The molecule has 0 saturated carbocycles. The van der Waals surface area contributed by atoms with Gasteiger partial charge in [0.2, 0.25) is 5.91 Å². The first-order valence-electron chi connectivity index (χ1n) is 11.3. The number of amides is 2. The number of hydrogen-bond acceptors (Lipinski definition) is 5. The Morgan fingerprint density at radius 1 is 1.22 bits per heavy atom. The van der Waals surface area contributed by atoms with Crippen molar-refractivity contribution in [2.24, 2.45) is 0 Å². The highest BCUT2D eigenvalue weighted by atomic mass is 16.5. The maximum atomic E-state index is 13.0. The molecule has 0 radical (unpaired) electrons. The molecule has 1 spiro atoms. The van der Waals surface area contributed by atoms with Crippen molar-refractivity contribution in [3.8, 4) is 5.75 Å². The van der Waals surface area contributed by atoms with Crippen LogP contribution in [0.3, 0.4) is 0 Å². The van der Waals surface area contributed by atoms with Gasteiger partial charge in [-0.25, -0.2) is 0 Å². The van der Waals surface area contributed by atoms with E-state index in [9.17, 15) is 9.59 Å². The van der Waals surface area contributed by atoms with Crippen molar-refractivity contribution < 1.29 is 19.1 Å². The second-order valence-corrected chi connectivity index (χ2v) is 9.20. The molecule has 2 atom stereocenters. The Morgan fingerprint density at radius 2 is 1.97 bits per heavy atom. The number of nitrogens with one attached hydrogen (secondary N) is 2. The average Bonchev–Trinajstić information content (AvgIpc) is 3.26. The summed E-state index contributed by atoms with van der Waals surface area (Å²) in [4.78, 5) is 25.6. The number of rotatable bonds is 5. The molecule has 8 heteroatoms. The Hall–Kier alpha value is -2.87. The van der Waals surface area contributed by atoms with Crippen LogP contribution in [0, 0.1) is 6.92 Å². The minimum absolute atomic E-state index is 0.159. The van der Waals surface area contributed by atoms with Gasteiger partial charge in [-0.3, -0.25) is 14.3 Å². The van der Waals surface area contributed by atoms with Gasteiger partial charge in [-0.15, -0.1) is 0 Å². The van der Waals surface area contributed by atoms with Crippen LogP contribution < -0.4 is 15.4 Å². The van der Waals surface area contributed by atoms with Crippen molar-refractivity contribution in [2.45, 2.75) is 70.7 Å². The lowest BCUT2D eigenvalue weighted by Gasteiger charge is -2.44. The van der Waals surface area contributed by atoms with Crippen molar-refractivity contribution >= 4 is 11.8 Å². The van der Waals surface area contributed by atoms with Crippen LogP contribution in [0.5, 0.6) is 5.75 Å². The first-order chi connectivity index (χ1) is 15.3. The summed E-state index contributed by atoms with van der Waals surface area (Å²) in [5, 5.41) is 10.1. The highest BCUT2D eigenvalue weighted by Crippen LogP contribution is 2.44. The number of ether oxygens (including phenoxy) is 2. The fraction of sp³-hybridized carbons (Fsp3) is 0.542. The number of aryl methyl sites for hydroxylation is 1. The fourth-order valence-corrected chi connectivity index (χ4v) is 4.35. The maximum absolute atomic E-state index is 13.0. The van der Waals surface area contributed by atoms with E-state index in [2.05, 4.69) is 21.8 Å². The smallest absolute Gasteiger partial charge is 0.255 e. The summed E-state index contributed by atoms with van der Waals surface area (Å²) in [6.45, 7) is 9.00. The molecule has 2 N–H and O–H groups in total. The quantitative estimate of drug-likeness (QED) is 0.745. The van der Waals surface area contributed by atoms with Gasteiger partial charge in [0.05, 0.1) is 31.0 Å². The molecule has 2 unspecified atom stereocenters. The largest absolute Gasteiger partial charge is 0.487 e. The van der Waals surface area contributed by atoms with E-state index in [0.717, 1.165) is 29.7 Å². The molecule has 2 aliphatic heterocycles. The molecular formula is C24H32N4O4. The molecule has 0 aliphatic carbocycles. The molecule has 1 fully saturated rings. The maximum Gasteiger partial charge on any atom is 0.255 e. The van der Waals surface area contributed by atoms with Crippen LogP contribution in [0.4, 0.5) is 0 Å². The standard InChI is InChI=1S/C24H32N4O4/c1-15(2)28-14-18(13-25-28)23(30)26-17(4)22(29)27-20-12-24(7-9-31-10-8-24)32-21-6-5-16(3)11-19(20)21/h5-6,11,13-15,17,20H,7-10,12H2,1-4H3,(H,26,30)(H,27,29). The molecule has 2 aromatic rings. The van der Waals surface area contributed by atoms with Crippen LogP contribution in [-0.2, 0) is 9.53 Å². The number of aromatic nitrogens is 2. The summed E-state index contributed by atoms with van der Waals surface area (Å²) in [5.74, 6) is 0.270. The fourth-order valence-electron chi connectivity index (χ4n) is 4.35. The average molecular weight is 441 g/mol. The van der Waals surface area contributed by atoms with Gasteiger partial charge in [-0.1, -0.05) is 17.7 Å². The van der Waals surface area contributed by atoms with Crippen LogP contribution in [0.1, 0.15) is 73.6 Å². The van der Waals surface area contributed by atoms with E-state index in [-0.39, 0.29) is 29.5 Å². The second kappa shape index (κ2) is 8.94. The minimum atomic E-state index is -0.688. The molecule has 4 rings (SSSR count). The lowest BCUT2D eigenvalue weighted by molar-refractivity contribution is -0.124. The van der Waals surface area contributed by atoms with Crippen LogP contribution >= 0.6 is 0 Å². The summed E-state index contributed by atoms with van der Waals surface area (Å²) < 4.78 is 13.7. The van der Waals surface area contributed by atoms with E-state index in [4.69, 9.17) is 9.47 Å². The highest BCUT2D eigenvalue weighted by molar-refractivity contribution is 5.97. The first-order valence-corrected chi connectivity index (χ1v) is 11.3. The third-order valence-electron chi connectivity index (χ3n) is 6.30. The Morgan fingerprint density at radius 3 is 2.66 bits per heavy atom. The topological polar surface area (TPSA) is 94.5 Å². The third-order valence-corrected chi connectivity index (χ3v) is 6.30. The van der Waals surface area contributed by atoms with Gasteiger partial charge in [0.25, 0.3) is 5.91 Å². The Bertz CT molecular complexity index is 994. The van der Waals surface area contributed by atoms with Crippen molar-refractivity contribution in [1.29, 1.82) is 0 Å². The molecule has 1 saturated heterocycles. The minimum Gasteiger partial charge on any atom is -0.487 e. The van der Waals surface area contributed by atoms with Gasteiger partial charge >= 0.3 is 0 Å².